The normalized spacial score (nSPS) is 25.9. The number of nitrogens with one attached hydrogen (secondary N) is 1. The molecule has 17 atom stereocenters. The van der Waals surface area contributed by atoms with Crippen LogP contribution >= 0.6 is 0 Å². The lowest BCUT2D eigenvalue weighted by molar-refractivity contribution is -0.379. The van der Waals surface area contributed by atoms with E-state index in [1.165, 1.54) is 116 Å². The van der Waals surface area contributed by atoms with Gasteiger partial charge in [0.15, 0.2) is 18.9 Å². The second-order valence-electron chi connectivity index (χ2n) is 29.6. The van der Waals surface area contributed by atoms with E-state index in [2.05, 4.69) is 177 Å². The minimum absolute atomic E-state index is 0.195. The quantitative estimate of drug-likeness (QED) is 0.0199. The van der Waals surface area contributed by atoms with Crippen molar-refractivity contribution in [1.29, 1.82) is 0 Å². The number of carbonyl (C=O) groups is 1. The molecule has 12 N–H and O–H groups in total. The topological polar surface area (TPSA) is 307 Å². The Morgan fingerprint density at radius 2 is 0.631 bits per heavy atom. The van der Waals surface area contributed by atoms with Gasteiger partial charge in [0.25, 0.3) is 0 Å². The van der Waals surface area contributed by atoms with Gasteiger partial charge in [-0.05, 0) is 122 Å². The van der Waals surface area contributed by atoms with Gasteiger partial charge in [-0.15, -0.1) is 0 Å². The third-order valence-electron chi connectivity index (χ3n) is 20.0. The molecule has 3 heterocycles. The van der Waals surface area contributed by atoms with Gasteiger partial charge in [0.1, 0.15) is 73.2 Å². The molecule has 632 valence electrons. The number of hydrogen-bond donors (Lipinski definition) is 12. The molecule has 3 rings (SSSR count). The molecule has 1 amide bonds. The van der Waals surface area contributed by atoms with E-state index >= 15 is 0 Å². The summed E-state index contributed by atoms with van der Waals surface area (Å²) in [6.07, 6.45) is 77.7. The maximum atomic E-state index is 13.5. The van der Waals surface area contributed by atoms with Crippen LogP contribution in [0.2, 0.25) is 0 Å². The van der Waals surface area contributed by atoms with Crippen LogP contribution in [0.25, 0.3) is 0 Å². The standard InChI is InChI=1S/C92H151NO18/c1-3-5-7-9-11-13-15-17-19-21-23-25-27-29-30-31-32-33-34-35-36-37-38-39-40-41-42-43-44-46-48-50-52-54-56-58-60-62-64-66-68-70-80(98)93-75(76(97)69-67-65-63-61-59-57-55-53-51-49-47-45-28-26-24-22-20-18-16-14-12-10-8-6-4-2)74-106-90-86(104)83(101)88(78(72-95)108-90)111-92-87(105)84(102)89(79(73-96)109-92)110-91-85(103)82(100)81(99)77(71-94)107-91/h5,7,11,13,17,19,23,25,29-30,32-33,35-36,38-39,41-42,44,46,50,52,56,58-59,61,67,69,75-79,81-92,94-97,99-105H,3-4,6,8-10,12,14-16,18,20-22,24,26-28,31,34,37,40,43,45,47-49,51,53-55,57,60,62-66,68,70-74H2,1-2H3,(H,93,98)/b7-5-,13-11-,19-17-,25-23-,30-29-,33-32-,36-35-,39-38-,42-41-,46-44-,52-50-,58-56-,61-59+,69-67+. The molecule has 3 aliphatic heterocycles. The van der Waals surface area contributed by atoms with Gasteiger partial charge in [0, 0.05) is 6.42 Å². The molecule has 0 aliphatic carbocycles. The summed E-state index contributed by atoms with van der Waals surface area (Å²) in [4.78, 5) is 13.5. The van der Waals surface area contributed by atoms with Crippen molar-refractivity contribution in [2.45, 2.75) is 375 Å². The Kier molecular flexibility index (Phi) is 62.8. The number of aliphatic hydroxyl groups is 11. The van der Waals surface area contributed by atoms with Gasteiger partial charge in [-0.3, -0.25) is 4.79 Å². The van der Waals surface area contributed by atoms with Gasteiger partial charge < -0.3 is 89.9 Å². The number of hydrogen-bond acceptors (Lipinski definition) is 18. The second-order valence-corrected chi connectivity index (χ2v) is 29.6. The Balaban J connectivity index is 1.37. The zero-order chi connectivity index (χ0) is 80.3. The summed E-state index contributed by atoms with van der Waals surface area (Å²) in [6.45, 7) is 1.59. The van der Waals surface area contributed by atoms with Crippen molar-refractivity contribution in [2.24, 2.45) is 0 Å². The molecule has 19 nitrogen and oxygen atoms in total. The maximum absolute atomic E-state index is 13.5. The summed E-state index contributed by atoms with van der Waals surface area (Å²) < 4.78 is 34.4. The van der Waals surface area contributed by atoms with Crippen LogP contribution in [0.1, 0.15) is 271 Å². The first-order valence-corrected chi connectivity index (χ1v) is 42.9. The van der Waals surface area contributed by atoms with Crippen LogP contribution in [-0.2, 0) is 33.2 Å². The van der Waals surface area contributed by atoms with Gasteiger partial charge in [0.05, 0.1) is 38.6 Å². The fourth-order valence-corrected chi connectivity index (χ4v) is 13.2. The highest BCUT2D eigenvalue weighted by Crippen LogP contribution is 2.33. The van der Waals surface area contributed by atoms with Crippen molar-refractivity contribution in [2.75, 3.05) is 26.4 Å². The van der Waals surface area contributed by atoms with Gasteiger partial charge in [-0.2, -0.15) is 0 Å². The first-order chi connectivity index (χ1) is 54.3. The number of ether oxygens (including phenoxy) is 6. The third kappa shape index (κ3) is 48.3. The van der Waals surface area contributed by atoms with Crippen molar-refractivity contribution in [3.05, 3.63) is 170 Å². The van der Waals surface area contributed by atoms with E-state index in [0.717, 1.165) is 122 Å². The highest BCUT2D eigenvalue weighted by atomic mass is 16.8. The molecule has 17 unspecified atom stereocenters. The maximum Gasteiger partial charge on any atom is 0.220 e. The molecule has 111 heavy (non-hydrogen) atoms. The SMILES string of the molecule is CC/C=C\C/C=C\C/C=C\C/C=C\C/C=C\C/C=C\C/C=C\C/C=C\C/C=C\C/C=C\C/C=C\C/C=C\CCCCCCC(=O)NC(COC1OC(CO)C(OC2OC(CO)C(OC3OC(CO)C(O)C(O)C3O)C(O)C2O)C(O)C1O)C(O)/C=C/CC/C=C/CCCCCCCCCCCCCCCCCCCCC. The zero-order valence-corrected chi connectivity index (χ0v) is 67.9. The molecule has 3 fully saturated rings. The minimum atomic E-state index is -1.99. The van der Waals surface area contributed by atoms with E-state index in [0.29, 0.717) is 12.8 Å². The van der Waals surface area contributed by atoms with Crippen molar-refractivity contribution in [3.63, 3.8) is 0 Å². The predicted octanol–water partition coefficient (Wildman–Crippen LogP) is 15.7. The van der Waals surface area contributed by atoms with Gasteiger partial charge >= 0.3 is 0 Å². The number of rotatable bonds is 66. The molecule has 0 saturated carbocycles. The average Bonchev–Trinajstić information content (AvgIpc) is 0.780. The first kappa shape index (κ1) is 100. The average molecular weight is 1560 g/mol. The van der Waals surface area contributed by atoms with E-state index in [-0.39, 0.29) is 18.9 Å². The lowest BCUT2D eigenvalue weighted by Crippen LogP contribution is -2.66. The van der Waals surface area contributed by atoms with Crippen LogP contribution in [0.4, 0.5) is 0 Å². The van der Waals surface area contributed by atoms with E-state index in [4.69, 9.17) is 28.4 Å². The largest absolute Gasteiger partial charge is 0.394 e. The summed E-state index contributed by atoms with van der Waals surface area (Å²) in [5.41, 5.74) is 0. The molecule has 0 spiro atoms. The smallest absolute Gasteiger partial charge is 0.220 e. The Labute approximate surface area is 668 Å². The molecular weight excluding hydrogens is 1410 g/mol. The van der Waals surface area contributed by atoms with Gasteiger partial charge in [0.2, 0.25) is 5.91 Å². The number of amides is 1. The van der Waals surface area contributed by atoms with Crippen LogP contribution in [0, 0.1) is 0 Å². The van der Waals surface area contributed by atoms with Crippen LogP contribution in [0.5, 0.6) is 0 Å². The van der Waals surface area contributed by atoms with E-state index < -0.39 is 124 Å². The van der Waals surface area contributed by atoms with E-state index in [1.807, 2.05) is 6.08 Å². The van der Waals surface area contributed by atoms with Crippen molar-refractivity contribution >= 4 is 5.91 Å². The Hall–Kier alpha value is -4.85. The number of aliphatic hydroxyl groups excluding tert-OH is 11. The molecule has 3 aliphatic rings. The third-order valence-corrected chi connectivity index (χ3v) is 20.0. The van der Waals surface area contributed by atoms with Crippen molar-refractivity contribution in [3.8, 4) is 0 Å². The van der Waals surface area contributed by atoms with Gasteiger partial charge in [-0.1, -0.05) is 312 Å². The predicted molar refractivity (Wildman–Crippen MR) is 447 cm³/mol. The molecular formula is C92H151NO18. The fourth-order valence-electron chi connectivity index (χ4n) is 13.2. The van der Waals surface area contributed by atoms with E-state index in [1.54, 1.807) is 6.08 Å². The first-order valence-electron chi connectivity index (χ1n) is 42.9. The summed E-state index contributed by atoms with van der Waals surface area (Å²) in [5.74, 6) is -0.315. The lowest BCUT2D eigenvalue weighted by Gasteiger charge is -2.48. The summed E-state index contributed by atoms with van der Waals surface area (Å²) in [7, 11) is 0. The molecule has 0 aromatic rings. The lowest BCUT2D eigenvalue weighted by atomic mass is 9.96. The van der Waals surface area contributed by atoms with Crippen molar-refractivity contribution in [1.82, 2.24) is 5.32 Å². The fraction of sp³-hybridized carbons (Fsp3) is 0.685. The van der Waals surface area contributed by atoms with Gasteiger partial charge in [-0.25, -0.2) is 0 Å². The molecule has 0 aromatic heterocycles. The highest BCUT2D eigenvalue weighted by molar-refractivity contribution is 5.76. The number of carbonyl (C=O) groups excluding carboxylic acids is 1. The van der Waals surface area contributed by atoms with Crippen molar-refractivity contribution < 1.29 is 89.4 Å². The Bertz CT molecular complexity index is 2670. The summed E-state index contributed by atoms with van der Waals surface area (Å²) >= 11 is 0. The van der Waals surface area contributed by atoms with Crippen LogP contribution in [0.3, 0.4) is 0 Å². The minimum Gasteiger partial charge on any atom is -0.394 e. The van der Waals surface area contributed by atoms with Crippen LogP contribution in [-0.4, -0.2) is 193 Å². The molecule has 0 bridgehead atoms. The molecule has 0 aromatic carbocycles. The summed E-state index contributed by atoms with van der Waals surface area (Å²) in [6, 6.07) is -1.02. The molecule has 0 radical (unpaired) electrons. The zero-order valence-electron chi connectivity index (χ0n) is 67.9. The molecule has 3 saturated heterocycles. The Morgan fingerprint density at radius 3 is 1.01 bits per heavy atom. The summed E-state index contributed by atoms with van der Waals surface area (Å²) in [5, 5.41) is 121. The highest BCUT2D eigenvalue weighted by Gasteiger charge is 2.54. The molecule has 19 heteroatoms. The van der Waals surface area contributed by atoms with Crippen LogP contribution in [0.15, 0.2) is 170 Å². The number of allylic oxidation sites excluding steroid dienone is 27. The number of unbranched alkanes of at least 4 members (excludes halogenated alkanes) is 24. The monoisotopic (exact) mass is 1560 g/mol. The van der Waals surface area contributed by atoms with E-state index in [9.17, 15) is 61.0 Å². The van der Waals surface area contributed by atoms with Crippen LogP contribution < -0.4 is 5.32 Å². The Morgan fingerprint density at radius 1 is 0.333 bits per heavy atom. The second kappa shape index (κ2) is 69.5.